The summed E-state index contributed by atoms with van der Waals surface area (Å²) < 4.78 is 25.8. The van der Waals surface area contributed by atoms with Gasteiger partial charge in [0.2, 0.25) is 0 Å². The van der Waals surface area contributed by atoms with Gasteiger partial charge in [-0.2, -0.15) is 0 Å². The van der Waals surface area contributed by atoms with Crippen LogP contribution in [0.25, 0.3) is 0 Å². The Labute approximate surface area is 120 Å². The van der Waals surface area contributed by atoms with E-state index in [9.17, 15) is 18.4 Å². The Kier molecular flexibility index (Phi) is 4.67. The Bertz CT molecular complexity index is 607. The van der Waals surface area contributed by atoms with Crippen LogP contribution in [0.4, 0.5) is 8.78 Å². The molecule has 1 aliphatic rings. The van der Waals surface area contributed by atoms with E-state index in [2.05, 4.69) is 5.32 Å². The van der Waals surface area contributed by atoms with Gasteiger partial charge in [-0.05, 0) is 0 Å². The first-order chi connectivity index (χ1) is 10.0. The summed E-state index contributed by atoms with van der Waals surface area (Å²) in [6.07, 6.45) is 1.34. The van der Waals surface area contributed by atoms with Crippen LogP contribution >= 0.6 is 0 Å². The number of likely N-dealkylation sites (tertiary alicyclic amines) is 1. The van der Waals surface area contributed by atoms with E-state index in [0.717, 1.165) is 31.7 Å². The van der Waals surface area contributed by atoms with Gasteiger partial charge in [0.05, 0.1) is 0 Å². The SMILES string of the molecule is O=C(NCC(=O)N1CCCC1=BO)c1ccc(F)c(F)c1. The summed E-state index contributed by atoms with van der Waals surface area (Å²) in [5.41, 5.74) is 0.433. The molecule has 0 bridgehead atoms. The summed E-state index contributed by atoms with van der Waals surface area (Å²) in [4.78, 5) is 25.0. The first kappa shape index (κ1) is 15.1. The number of hydrogen-bond donors (Lipinski definition) is 2. The number of hydrogen-bond acceptors (Lipinski definition) is 3. The summed E-state index contributed by atoms with van der Waals surface area (Å²) >= 11 is 0. The third-order valence-electron chi connectivity index (χ3n) is 3.19. The second kappa shape index (κ2) is 6.47. The zero-order chi connectivity index (χ0) is 15.4. The fraction of sp³-hybridized carbons (Fsp3) is 0.308. The standard InChI is InChI=1S/C13H13BF2N2O3/c15-9-4-3-8(6-10(9)16)13(20)17-7-12(19)18-5-1-2-11(18)14-21/h3-4,6,21H,1-2,5,7H2,(H,17,20). The number of benzene rings is 1. The minimum absolute atomic E-state index is 0.0685. The van der Waals surface area contributed by atoms with Crippen molar-refractivity contribution in [3.63, 3.8) is 0 Å². The van der Waals surface area contributed by atoms with Crippen LogP contribution in [0.15, 0.2) is 18.2 Å². The molecule has 2 rings (SSSR count). The maximum atomic E-state index is 13.0. The summed E-state index contributed by atoms with van der Waals surface area (Å²) in [6, 6.07) is 2.75. The molecule has 1 aromatic carbocycles. The van der Waals surface area contributed by atoms with E-state index in [1.807, 2.05) is 0 Å². The monoisotopic (exact) mass is 294 g/mol. The van der Waals surface area contributed by atoms with Crippen LogP contribution < -0.4 is 5.32 Å². The van der Waals surface area contributed by atoms with E-state index in [1.165, 1.54) is 4.90 Å². The molecule has 0 unspecified atom stereocenters. The molecule has 0 aliphatic carbocycles. The van der Waals surface area contributed by atoms with Crippen molar-refractivity contribution in [3.05, 3.63) is 35.4 Å². The number of carbonyl (C=O) groups is 2. The predicted molar refractivity (Wildman–Crippen MR) is 72.6 cm³/mol. The van der Waals surface area contributed by atoms with Gasteiger partial charge in [0.15, 0.2) is 0 Å². The molecular weight excluding hydrogens is 281 g/mol. The van der Waals surface area contributed by atoms with Crippen LogP contribution in [-0.2, 0) is 4.79 Å². The van der Waals surface area contributed by atoms with Crippen molar-refractivity contribution in [2.45, 2.75) is 12.8 Å². The normalized spacial score (nSPS) is 15.9. The van der Waals surface area contributed by atoms with Crippen molar-refractivity contribution < 1.29 is 23.4 Å². The molecule has 21 heavy (non-hydrogen) atoms. The average molecular weight is 294 g/mol. The van der Waals surface area contributed by atoms with Crippen LogP contribution in [0.1, 0.15) is 23.2 Å². The molecule has 1 aliphatic heterocycles. The van der Waals surface area contributed by atoms with E-state index in [1.54, 1.807) is 0 Å². The maximum absolute atomic E-state index is 13.0. The molecule has 0 radical (unpaired) electrons. The summed E-state index contributed by atoms with van der Waals surface area (Å²) in [6.45, 7) is 0.196. The molecule has 110 valence electrons. The van der Waals surface area contributed by atoms with E-state index in [4.69, 9.17) is 5.02 Å². The van der Waals surface area contributed by atoms with Crippen LogP contribution in [0, 0.1) is 11.6 Å². The van der Waals surface area contributed by atoms with Gasteiger partial charge in [0.25, 0.3) is 0 Å². The van der Waals surface area contributed by atoms with Crippen molar-refractivity contribution in [2.24, 2.45) is 0 Å². The van der Waals surface area contributed by atoms with Gasteiger partial charge in [-0.25, -0.2) is 0 Å². The quantitative estimate of drug-likeness (QED) is 0.774. The fourth-order valence-electron chi connectivity index (χ4n) is 2.11. The first-order valence-electron chi connectivity index (χ1n) is 6.40. The third-order valence-corrected chi connectivity index (χ3v) is 3.19. The van der Waals surface area contributed by atoms with Crippen molar-refractivity contribution in [1.82, 2.24) is 10.2 Å². The van der Waals surface area contributed by atoms with Crippen molar-refractivity contribution in [2.75, 3.05) is 13.1 Å². The van der Waals surface area contributed by atoms with Crippen molar-refractivity contribution in [3.8, 4) is 0 Å². The summed E-state index contributed by atoms with van der Waals surface area (Å²) in [5, 5.41) is 11.3. The molecule has 0 spiro atoms. The van der Waals surface area contributed by atoms with Crippen LogP contribution in [-0.4, -0.2) is 47.5 Å². The molecule has 2 amide bonds. The molecule has 2 N–H and O–H groups in total. The first-order valence-corrected chi connectivity index (χ1v) is 6.40. The molecule has 5 nitrogen and oxygen atoms in total. The van der Waals surface area contributed by atoms with E-state index >= 15 is 0 Å². The van der Waals surface area contributed by atoms with Crippen LogP contribution in [0.5, 0.6) is 0 Å². The minimum atomic E-state index is -1.13. The zero-order valence-electron chi connectivity index (χ0n) is 11.1. The average Bonchev–Trinajstić information content (AvgIpc) is 2.95. The second-order valence-corrected chi connectivity index (χ2v) is 4.58. The van der Waals surface area contributed by atoms with Gasteiger partial charge in [-0.1, -0.05) is 0 Å². The molecule has 1 saturated heterocycles. The number of nitrogens with one attached hydrogen (secondary N) is 1. The molecule has 0 atom stereocenters. The molecule has 1 heterocycles. The molecule has 1 fully saturated rings. The molecule has 1 aromatic rings. The molecule has 8 heteroatoms. The predicted octanol–water partition coefficient (Wildman–Crippen LogP) is 0.0584. The van der Waals surface area contributed by atoms with E-state index < -0.39 is 17.5 Å². The number of carbonyl (C=O) groups excluding carboxylic acids is 2. The Morgan fingerprint density at radius 3 is 2.76 bits per heavy atom. The third kappa shape index (κ3) is 3.45. The summed E-state index contributed by atoms with van der Waals surface area (Å²) in [7, 11) is 0.877. The van der Waals surface area contributed by atoms with Gasteiger partial charge >= 0.3 is 119 Å². The fourth-order valence-corrected chi connectivity index (χ4v) is 2.11. The number of nitrogens with zero attached hydrogens (tertiary/aromatic N) is 1. The number of halogens is 2. The number of amides is 2. The van der Waals surface area contributed by atoms with Crippen molar-refractivity contribution in [1.29, 1.82) is 0 Å². The molecule has 0 saturated carbocycles. The molecular formula is C13H13BF2N2O3. The Hall–Kier alpha value is -2.25. The Balaban J connectivity index is 1.94. The molecule has 0 aromatic heterocycles. The van der Waals surface area contributed by atoms with Crippen molar-refractivity contribution >= 4 is 24.5 Å². The topological polar surface area (TPSA) is 69.6 Å². The van der Waals surface area contributed by atoms with Gasteiger partial charge < -0.3 is 0 Å². The summed E-state index contributed by atoms with van der Waals surface area (Å²) in [5.74, 6) is -3.21. The zero-order valence-corrected chi connectivity index (χ0v) is 11.1. The van der Waals surface area contributed by atoms with Crippen LogP contribution in [0.3, 0.4) is 0 Å². The van der Waals surface area contributed by atoms with E-state index in [-0.39, 0.29) is 18.0 Å². The Morgan fingerprint density at radius 2 is 2.10 bits per heavy atom. The van der Waals surface area contributed by atoms with Gasteiger partial charge in [-0.15, -0.1) is 0 Å². The Morgan fingerprint density at radius 1 is 1.33 bits per heavy atom. The second-order valence-electron chi connectivity index (χ2n) is 4.58. The number of rotatable bonds is 3. The van der Waals surface area contributed by atoms with Gasteiger partial charge in [0.1, 0.15) is 0 Å². The van der Waals surface area contributed by atoms with Gasteiger partial charge in [-0.3, -0.25) is 0 Å². The van der Waals surface area contributed by atoms with E-state index in [0.29, 0.717) is 18.6 Å². The van der Waals surface area contributed by atoms with Crippen LogP contribution in [0.2, 0.25) is 0 Å². The van der Waals surface area contributed by atoms with Gasteiger partial charge in [0, 0.05) is 0 Å².